The Labute approximate surface area is 121 Å². The first-order chi connectivity index (χ1) is 10.2. The molecule has 4 aromatic rings. The molecular formula is C18H13NO2. The zero-order chi connectivity index (χ0) is 14.4. The van der Waals surface area contributed by atoms with Gasteiger partial charge in [-0.15, -0.1) is 0 Å². The molecule has 0 heterocycles. The minimum Gasteiger partial charge on any atom is -0.344 e. The van der Waals surface area contributed by atoms with E-state index < -0.39 is 0 Å². The van der Waals surface area contributed by atoms with Crippen molar-refractivity contribution in [1.82, 2.24) is 0 Å². The van der Waals surface area contributed by atoms with E-state index in [1.54, 1.807) is 0 Å². The Hall–Kier alpha value is -2.81. The summed E-state index contributed by atoms with van der Waals surface area (Å²) in [5.41, 5.74) is 3.55. The van der Waals surface area contributed by atoms with Crippen molar-refractivity contribution in [2.75, 3.05) is 5.48 Å². The van der Waals surface area contributed by atoms with Crippen LogP contribution in [0.25, 0.3) is 32.3 Å². The maximum absolute atomic E-state index is 11.0. The summed E-state index contributed by atoms with van der Waals surface area (Å²) in [7, 11) is 0. The monoisotopic (exact) mass is 275 g/mol. The largest absolute Gasteiger partial charge is 0.344 e. The average Bonchev–Trinajstić information content (AvgIpc) is 2.51. The van der Waals surface area contributed by atoms with Crippen LogP contribution in [0.2, 0.25) is 0 Å². The Bertz CT molecular complexity index is 959. The van der Waals surface area contributed by atoms with Crippen LogP contribution in [0, 0.1) is 0 Å². The molecule has 4 aromatic carbocycles. The van der Waals surface area contributed by atoms with E-state index >= 15 is 0 Å². The fourth-order valence-electron chi connectivity index (χ4n) is 2.95. The summed E-state index contributed by atoms with van der Waals surface area (Å²) < 4.78 is 0. The normalized spacial score (nSPS) is 11.3. The molecule has 0 saturated heterocycles. The van der Waals surface area contributed by atoms with Crippen molar-refractivity contribution in [2.45, 2.75) is 6.92 Å². The van der Waals surface area contributed by atoms with Crippen molar-refractivity contribution in [2.24, 2.45) is 0 Å². The lowest BCUT2D eigenvalue weighted by Crippen LogP contribution is -2.06. The van der Waals surface area contributed by atoms with Gasteiger partial charge in [-0.1, -0.05) is 48.5 Å². The van der Waals surface area contributed by atoms with E-state index in [0.29, 0.717) is 0 Å². The highest BCUT2D eigenvalue weighted by Gasteiger charge is 2.10. The maximum Gasteiger partial charge on any atom is 0.329 e. The number of carbonyl (C=O) groups excluding carboxylic acids is 1. The Balaban J connectivity index is 2.08. The first kappa shape index (κ1) is 12.0. The fourth-order valence-corrected chi connectivity index (χ4v) is 2.95. The number of anilines is 1. The van der Waals surface area contributed by atoms with Gasteiger partial charge in [-0.2, -0.15) is 0 Å². The molecule has 3 heteroatoms. The summed E-state index contributed by atoms with van der Waals surface area (Å²) in [6.45, 7) is 1.38. The van der Waals surface area contributed by atoms with E-state index in [0.717, 1.165) is 11.1 Å². The van der Waals surface area contributed by atoms with E-state index in [2.05, 4.69) is 47.9 Å². The molecule has 0 saturated carbocycles. The number of carbonyl (C=O) groups is 1. The number of rotatable bonds is 2. The van der Waals surface area contributed by atoms with Crippen LogP contribution in [0.4, 0.5) is 5.69 Å². The highest BCUT2D eigenvalue weighted by molar-refractivity contribution is 6.25. The van der Waals surface area contributed by atoms with Crippen LogP contribution < -0.4 is 5.48 Å². The lowest BCUT2D eigenvalue weighted by molar-refractivity contribution is -0.137. The van der Waals surface area contributed by atoms with Crippen molar-refractivity contribution in [3.8, 4) is 0 Å². The molecule has 3 nitrogen and oxygen atoms in total. The molecule has 0 aliphatic carbocycles. The molecule has 0 atom stereocenters. The van der Waals surface area contributed by atoms with Gasteiger partial charge in [-0.25, -0.2) is 5.48 Å². The molecule has 1 N–H and O–H groups in total. The first-order valence-electron chi connectivity index (χ1n) is 6.84. The van der Waals surface area contributed by atoms with Gasteiger partial charge < -0.3 is 4.84 Å². The molecule has 102 valence electrons. The maximum atomic E-state index is 11.0. The van der Waals surface area contributed by atoms with Gasteiger partial charge in [0.1, 0.15) is 0 Å². The minimum atomic E-state index is -0.360. The molecule has 0 bridgehead atoms. The topological polar surface area (TPSA) is 38.3 Å². The molecule has 0 spiro atoms. The number of benzene rings is 4. The van der Waals surface area contributed by atoms with Crippen molar-refractivity contribution >= 4 is 44.0 Å². The second-order valence-corrected chi connectivity index (χ2v) is 5.16. The lowest BCUT2D eigenvalue weighted by atomic mass is 9.94. The molecule has 21 heavy (non-hydrogen) atoms. The predicted octanol–water partition coefficient (Wildman–Crippen LogP) is 4.47. The molecule has 0 fully saturated rings. The van der Waals surface area contributed by atoms with Gasteiger partial charge in [0.15, 0.2) is 0 Å². The first-order valence-corrected chi connectivity index (χ1v) is 6.84. The van der Waals surface area contributed by atoms with Crippen molar-refractivity contribution in [3.05, 3.63) is 54.6 Å². The quantitative estimate of drug-likeness (QED) is 0.433. The van der Waals surface area contributed by atoms with E-state index in [1.165, 1.54) is 33.9 Å². The zero-order valence-electron chi connectivity index (χ0n) is 11.5. The highest BCUT2D eigenvalue weighted by Crippen LogP contribution is 2.37. The number of nitrogens with one attached hydrogen (secondary N) is 1. The summed E-state index contributed by atoms with van der Waals surface area (Å²) in [5, 5.41) is 7.12. The third kappa shape index (κ3) is 1.78. The van der Waals surface area contributed by atoms with E-state index in [1.807, 2.05) is 12.1 Å². The highest BCUT2D eigenvalue weighted by atomic mass is 16.7. The van der Waals surface area contributed by atoms with Crippen LogP contribution in [0.1, 0.15) is 6.92 Å². The zero-order valence-corrected chi connectivity index (χ0v) is 11.5. The van der Waals surface area contributed by atoms with Gasteiger partial charge in [0.05, 0.1) is 5.69 Å². The van der Waals surface area contributed by atoms with E-state index in [9.17, 15) is 4.79 Å². The Kier molecular flexibility index (Phi) is 2.48. The van der Waals surface area contributed by atoms with Gasteiger partial charge in [-0.05, 0) is 33.0 Å². The minimum absolute atomic E-state index is 0.360. The van der Waals surface area contributed by atoms with Gasteiger partial charge in [0, 0.05) is 12.3 Å². The molecule has 4 rings (SSSR count). The van der Waals surface area contributed by atoms with Gasteiger partial charge in [0.2, 0.25) is 0 Å². The lowest BCUT2D eigenvalue weighted by Gasteiger charge is -2.14. The molecule has 0 unspecified atom stereocenters. The summed E-state index contributed by atoms with van der Waals surface area (Å²) in [4.78, 5) is 15.9. The van der Waals surface area contributed by atoms with Gasteiger partial charge in [0.25, 0.3) is 0 Å². The van der Waals surface area contributed by atoms with E-state index in [4.69, 9.17) is 4.84 Å². The predicted molar refractivity (Wildman–Crippen MR) is 85.5 cm³/mol. The molecular weight excluding hydrogens is 262 g/mol. The summed E-state index contributed by atoms with van der Waals surface area (Å²) in [6, 6.07) is 18.7. The number of hydrogen-bond donors (Lipinski definition) is 1. The van der Waals surface area contributed by atoms with Crippen LogP contribution >= 0.6 is 0 Å². The second kappa shape index (κ2) is 4.35. The Morgan fingerprint density at radius 2 is 1.48 bits per heavy atom. The standard InChI is InChI=1S/C18H13NO2/c1-11(20)21-19-16-10-8-14-6-5-12-3-2-4-13-7-9-15(16)18(14)17(12)13/h2-10,19H,1H3. The second-order valence-electron chi connectivity index (χ2n) is 5.16. The molecule has 0 amide bonds. The molecule has 0 radical (unpaired) electrons. The van der Waals surface area contributed by atoms with Crippen molar-refractivity contribution in [3.63, 3.8) is 0 Å². The third-order valence-electron chi connectivity index (χ3n) is 3.83. The Morgan fingerprint density at radius 3 is 2.19 bits per heavy atom. The van der Waals surface area contributed by atoms with Crippen molar-refractivity contribution in [1.29, 1.82) is 0 Å². The van der Waals surface area contributed by atoms with Gasteiger partial charge in [-0.3, -0.25) is 4.79 Å². The van der Waals surface area contributed by atoms with E-state index in [-0.39, 0.29) is 5.97 Å². The smallest absolute Gasteiger partial charge is 0.329 e. The van der Waals surface area contributed by atoms with Crippen molar-refractivity contribution < 1.29 is 9.63 Å². The van der Waals surface area contributed by atoms with Crippen LogP contribution in [0.3, 0.4) is 0 Å². The average molecular weight is 275 g/mol. The summed E-state index contributed by atoms with van der Waals surface area (Å²) in [5.74, 6) is -0.360. The summed E-state index contributed by atoms with van der Waals surface area (Å²) in [6.07, 6.45) is 0. The number of hydrogen-bond acceptors (Lipinski definition) is 3. The molecule has 0 aromatic heterocycles. The van der Waals surface area contributed by atoms with Crippen LogP contribution in [0.5, 0.6) is 0 Å². The fraction of sp³-hybridized carbons (Fsp3) is 0.0556. The third-order valence-corrected chi connectivity index (χ3v) is 3.83. The van der Waals surface area contributed by atoms with Crippen LogP contribution in [-0.4, -0.2) is 5.97 Å². The van der Waals surface area contributed by atoms with Crippen LogP contribution in [-0.2, 0) is 9.63 Å². The Morgan fingerprint density at radius 1 is 0.857 bits per heavy atom. The van der Waals surface area contributed by atoms with Gasteiger partial charge >= 0.3 is 5.97 Å². The SMILES string of the molecule is CC(=O)ONc1ccc2ccc3cccc4ccc1c2c34. The summed E-state index contributed by atoms with van der Waals surface area (Å²) >= 11 is 0. The molecule has 0 aliphatic heterocycles. The molecule has 0 aliphatic rings. The van der Waals surface area contributed by atoms with Crippen LogP contribution in [0.15, 0.2) is 54.6 Å².